The van der Waals surface area contributed by atoms with Crippen LogP contribution >= 0.6 is 34.5 Å². The van der Waals surface area contributed by atoms with Crippen molar-refractivity contribution in [1.29, 1.82) is 0 Å². The molecule has 0 saturated heterocycles. The molecule has 5 nitrogen and oxygen atoms in total. The maximum atomic E-state index is 12.1. The minimum atomic E-state index is -0.789. The van der Waals surface area contributed by atoms with Gasteiger partial charge in [-0.25, -0.2) is 4.98 Å². The number of anilines is 1. The van der Waals surface area contributed by atoms with Crippen LogP contribution in [0.3, 0.4) is 0 Å². The zero-order chi connectivity index (χ0) is 16.3. The van der Waals surface area contributed by atoms with Crippen LogP contribution in [0.2, 0.25) is 10.0 Å². The van der Waals surface area contributed by atoms with Gasteiger partial charge in [-0.15, -0.1) is 11.3 Å². The molecule has 0 fully saturated rings. The van der Waals surface area contributed by atoms with Crippen LogP contribution in [0.4, 0.5) is 5.13 Å². The minimum Gasteiger partial charge on any atom is -0.479 e. The first-order valence-electron chi connectivity index (χ1n) is 6.26. The fourth-order valence-corrected chi connectivity index (χ4v) is 2.72. The number of ketones is 1. The van der Waals surface area contributed by atoms with Gasteiger partial charge in [-0.1, -0.05) is 23.2 Å². The molecule has 8 heteroatoms. The summed E-state index contributed by atoms with van der Waals surface area (Å²) in [5.41, 5.74) is 0.314. The van der Waals surface area contributed by atoms with Gasteiger partial charge < -0.3 is 4.74 Å². The number of thiazole rings is 1. The van der Waals surface area contributed by atoms with Gasteiger partial charge >= 0.3 is 0 Å². The van der Waals surface area contributed by atoms with Crippen LogP contribution in [-0.2, 0) is 4.79 Å². The Balaban J connectivity index is 2.00. The number of Topliss-reactive ketones (excluding diaryl/α,β-unsaturated/α-hetero) is 1. The summed E-state index contributed by atoms with van der Waals surface area (Å²) < 4.78 is 5.50. The Morgan fingerprint density at radius 3 is 2.68 bits per heavy atom. The molecule has 0 aliphatic rings. The number of benzene rings is 1. The van der Waals surface area contributed by atoms with Gasteiger partial charge in [0, 0.05) is 17.3 Å². The summed E-state index contributed by atoms with van der Waals surface area (Å²) in [4.78, 5) is 27.2. The van der Waals surface area contributed by atoms with Crippen LogP contribution in [0.15, 0.2) is 23.6 Å². The first-order valence-corrected chi connectivity index (χ1v) is 7.89. The number of carbonyl (C=O) groups excluding carboxylic acids is 2. The molecule has 0 radical (unpaired) electrons. The Labute approximate surface area is 141 Å². The van der Waals surface area contributed by atoms with Crippen LogP contribution < -0.4 is 10.1 Å². The third kappa shape index (κ3) is 4.19. The van der Waals surface area contributed by atoms with Crippen molar-refractivity contribution in [2.24, 2.45) is 0 Å². The van der Waals surface area contributed by atoms with E-state index in [2.05, 4.69) is 10.3 Å². The second kappa shape index (κ2) is 7.09. The summed E-state index contributed by atoms with van der Waals surface area (Å²) in [5, 5.41) is 5.31. The van der Waals surface area contributed by atoms with Gasteiger partial charge in [-0.05, 0) is 25.1 Å². The minimum absolute atomic E-state index is 0.158. The lowest BCUT2D eigenvalue weighted by molar-refractivity contribution is -0.122. The maximum absolute atomic E-state index is 12.1. The molecule has 0 aliphatic carbocycles. The standard InChI is InChI=1S/C14H12Cl2N2O3S/c1-7(19)11-6-22-14(17-11)18-13(20)8(2)21-12-4-3-9(15)5-10(12)16/h3-6,8H,1-2H3,(H,17,18,20)/t8-/m1/s1. The average molecular weight is 359 g/mol. The van der Waals surface area contributed by atoms with E-state index in [4.69, 9.17) is 27.9 Å². The molecule has 1 aromatic heterocycles. The maximum Gasteiger partial charge on any atom is 0.266 e. The molecular weight excluding hydrogens is 347 g/mol. The molecule has 0 aliphatic heterocycles. The van der Waals surface area contributed by atoms with Crippen molar-refractivity contribution in [3.05, 3.63) is 39.3 Å². The number of hydrogen-bond donors (Lipinski definition) is 1. The van der Waals surface area contributed by atoms with E-state index in [1.165, 1.54) is 24.3 Å². The molecule has 2 rings (SSSR count). The number of nitrogens with zero attached hydrogens (tertiary/aromatic N) is 1. The molecule has 0 unspecified atom stereocenters. The van der Waals surface area contributed by atoms with Gasteiger partial charge in [0.1, 0.15) is 11.4 Å². The summed E-state index contributed by atoms with van der Waals surface area (Å²) in [7, 11) is 0. The number of amides is 1. The van der Waals surface area contributed by atoms with Gasteiger partial charge in [-0.2, -0.15) is 0 Å². The molecule has 1 N–H and O–H groups in total. The zero-order valence-corrected chi connectivity index (χ0v) is 14.1. The van der Waals surface area contributed by atoms with Crippen molar-refractivity contribution in [3.8, 4) is 5.75 Å². The van der Waals surface area contributed by atoms with Gasteiger partial charge in [0.2, 0.25) is 0 Å². The van der Waals surface area contributed by atoms with Crippen LogP contribution in [0.5, 0.6) is 5.75 Å². The smallest absolute Gasteiger partial charge is 0.266 e. The Hall–Kier alpha value is -1.63. The molecule has 116 valence electrons. The molecular formula is C14H12Cl2N2O3S. The van der Waals surface area contributed by atoms with Crippen molar-refractivity contribution < 1.29 is 14.3 Å². The van der Waals surface area contributed by atoms with E-state index in [1.807, 2.05) is 0 Å². The van der Waals surface area contributed by atoms with Crippen LogP contribution in [0.1, 0.15) is 24.3 Å². The van der Waals surface area contributed by atoms with E-state index < -0.39 is 12.0 Å². The molecule has 1 heterocycles. The van der Waals surface area contributed by atoms with E-state index in [9.17, 15) is 9.59 Å². The van der Waals surface area contributed by atoms with Crippen molar-refractivity contribution in [2.75, 3.05) is 5.32 Å². The average Bonchev–Trinajstić information content (AvgIpc) is 2.90. The summed E-state index contributed by atoms with van der Waals surface area (Å²) >= 11 is 13.0. The number of rotatable bonds is 5. The first kappa shape index (κ1) is 16.7. The molecule has 22 heavy (non-hydrogen) atoms. The van der Waals surface area contributed by atoms with E-state index in [0.717, 1.165) is 0 Å². The number of carbonyl (C=O) groups is 2. The highest BCUT2D eigenvalue weighted by Gasteiger charge is 2.18. The second-order valence-electron chi connectivity index (χ2n) is 4.42. The van der Waals surface area contributed by atoms with Crippen LogP contribution in [0.25, 0.3) is 0 Å². The predicted octanol–water partition coefficient (Wildman–Crippen LogP) is 4.06. The van der Waals surface area contributed by atoms with Gasteiger partial charge in [0.05, 0.1) is 5.02 Å². The largest absolute Gasteiger partial charge is 0.479 e. The van der Waals surface area contributed by atoms with Gasteiger partial charge in [0.15, 0.2) is 17.0 Å². The van der Waals surface area contributed by atoms with Gasteiger partial charge in [0.25, 0.3) is 5.91 Å². The summed E-state index contributed by atoms with van der Waals surface area (Å²) in [6.45, 7) is 2.99. The third-order valence-corrected chi connectivity index (χ3v) is 3.95. The molecule has 0 saturated carbocycles. The number of ether oxygens (including phenoxy) is 1. The molecule has 1 atom stereocenters. The molecule has 0 bridgehead atoms. The van der Waals surface area contributed by atoms with Gasteiger partial charge in [-0.3, -0.25) is 14.9 Å². The zero-order valence-electron chi connectivity index (χ0n) is 11.7. The summed E-state index contributed by atoms with van der Waals surface area (Å²) in [6.07, 6.45) is -0.789. The van der Waals surface area contributed by atoms with Crippen molar-refractivity contribution >= 4 is 51.4 Å². The first-order chi connectivity index (χ1) is 10.4. The number of nitrogens with one attached hydrogen (secondary N) is 1. The molecule has 2 aromatic rings. The van der Waals surface area contributed by atoms with E-state index in [1.54, 1.807) is 24.4 Å². The number of hydrogen-bond acceptors (Lipinski definition) is 5. The lowest BCUT2D eigenvalue weighted by Crippen LogP contribution is -2.30. The third-order valence-electron chi connectivity index (χ3n) is 2.66. The van der Waals surface area contributed by atoms with Crippen molar-refractivity contribution in [3.63, 3.8) is 0 Å². The van der Waals surface area contributed by atoms with Crippen LogP contribution in [-0.4, -0.2) is 22.8 Å². The molecule has 0 spiro atoms. The summed E-state index contributed by atoms with van der Waals surface area (Å²) in [6, 6.07) is 4.74. The Kier molecular flexibility index (Phi) is 5.39. The Morgan fingerprint density at radius 1 is 1.36 bits per heavy atom. The lowest BCUT2D eigenvalue weighted by atomic mass is 10.3. The lowest BCUT2D eigenvalue weighted by Gasteiger charge is -2.14. The molecule has 1 amide bonds. The quantitative estimate of drug-likeness (QED) is 0.818. The topological polar surface area (TPSA) is 68.3 Å². The van der Waals surface area contributed by atoms with Crippen LogP contribution in [0, 0.1) is 0 Å². The van der Waals surface area contributed by atoms with E-state index in [0.29, 0.717) is 26.6 Å². The fraction of sp³-hybridized carbons (Fsp3) is 0.214. The second-order valence-corrected chi connectivity index (χ2v) is 6.12. The van der Waals surface area contributed by atoms with E-state index in [-0.39, 0.29) is 5.78 Å². The van der Waals surface area contributed by atoms with Crippen molar-refractivity contribution in [1.82, 2.24) is 4.98 Å². The Morgan fingerprint density at radius 2 is 2.09 bits per heavy atom. The molecule has 1 aromatic carbocycles. The van der Waals surface area contributed by atoms with E-state index >= 15 is 0 Å². The van der Waals surface area contributed by atoms with Crippen molar-refractivity contribution in [2.45, 2.75) is 20.0 Å². The number of halogens is 2. The predicted molar refractivity (Wildman–Crippen MR) is 87.3 cm³/mol. The highest BCUT2D eigenvalue weighted by molar-refractivity contribution is 7.14. The fourth-order valence-electron chi connectivity index (χ4n) is 1.51. The highest BCUT2D eigenvalue weighted by Crippen LogP contribution is 2.28. The monoisotopic (exact) mass is 358 g/mol. The highest BCUT2D eigenvalue weighted by atomic mass is 35.5. The number of aromatic nitrogens is 1. The summed E-state index contributed by atoms with van der Waals surface area (Å²) in [5.74, 6) is -0.193. The Bertz CT molecular complexity index is 718. The SMILES string of the molecule is CC(=O)c1csc(NC(=O)[C@@H](C)Oc2ccc(Cl)cc2Cl)n1. The normalized spacial score (nSPS) is 11.8.